The van der Waals surface area contributed by atoms with Gasteiger partial charge in [-0.3, -0.25) is 4.79 Å². The Balaban J connectivity index is 1.35. The number of ether oxygens (including phenoxy) is 2. The number of rotatable bonds is 4. The van der Waals surface area contributed by atoms with E-state index in [-0.39, 0.29) is 18.1 Å². The fourth-order valence-corrected chi connectivity index (χ4v) is 4.83. The van der Waals surface area contributed by atoms with Crippen molar-refractivity contribution in [3.8, 4) is 11.5 Å². The van der Waals surface area contributed by atoms with E-state index in [0.29, 0.717) is 11.0 Å². The number of carbonyl (C=O) groups is 1. The Morgan fingerprint density at radius 1 is 1.30 bits per heavy atom. The molecule has 0 saturated carbocycles. The Hall–Kier alpha value is -2.08. The number of nitrogens with zero attached hydrogens (tertiary/aromatic N) is 1. The lowest BCUT2D eigenvalue weighted by Gasteiger charge is -2.21. The zero-order valence-corrected chi connectivity index (χ0v) is 16.6. The Morgan fingerprint density at radius 2 is 2.19 bits per heavy atom. The molecule has 2 aliphatic heterocycles. The van der Waals surface area contributed by atoms with Crippen molar-refractivity contribution in [2.45, 2.75) is 37.5 Å². The number of hydrogen-bond acceptors (Lipinski definition) is 5. The molecule has 2 aromatic rings. The van der Waals surface area contributed by atoms with Crippen molar-refractivity contribution in [3.63, 3.8) is 0 Å². The fraction of sp³-hybridized carbons (Fsp3) is 0.476. The number of fused-ring (bicyclic) bond motifs is 1. The summed E-state index contributed by atoms with van der Waals surface area (Å²) in [4.78, 5) is 14.6. The maximum Gasteiger partial charge on any atom is 0.260 e. The first kappa shape index (κ1) is 18.3. The van der Waals surface area contributed by atoms with Gasteiger partial charge >= 0.3 is 0 Å². The number of furan rings is 1. The van der Waals surface area contributed by atoms with Crippen LogP contribution < -0.4 is 9.47 Å². The highest BCUT2D eigenvalue weighted by Gasteiger charge is 2.32. The summed E-state index contributed by atoms with van der Waals surface area (Å²) in [5.41, 5.74) is 0.909. The number of thioether (sulfide) groups is 1. The minimum absolute atomic E-state index is 0.0190. The van der Waals surface area contributed by atoms with Crippen molar-refractivity contribution in [2.75, 3.05) is 25.4 Å². The summed E-state index contributed by atoms with van der Waals surface area (Å²) in [6, 6.07) is 9.81. The third kappa shape index (κ3) is 4.10. The molecule has 144 valence electrons. The first-order chi connectivity index (χ1) is 13.0. The molecule has 0 spiro atoms. The molecule has 1 aromatic heterocycles. The maximum absolute atomic E-state index is 12.7. The van der Waals surface area contributed by atoms with E-state index in [0.717, 1.165) is 48.8 Å². The second kappa shape index (κ2) is 7.50. The Labute approximate surface area is 164 Å². The van der Waals surface area contributed by atoms with Gasteiger partial charge in [-0.05, 0) is 38.5 Å². The van der Waals surface area contributed by atoms with E-state index in [1.807, 2.05) is 40.9 Å². The predicted octanol–water partition coefficient (Wildman–Crippen LogP) is 4.08. The highest BCUT2D eigenvalue weighted by atomic mass is 32.2. The summed E-state index contributed by atoms with van der Waals surface area (Å²) in [7, 11) is 0. The number of benzene rings is 1. The zero-order valence-electron chi connectivity index (χ0n) is 15.8. The summed E-state index contributed by atoms with van der Waals surface area (Å²) in [5.74, 6) is 3.34. The summed E-state index contributed by atoms with van der Waals surface area (Å²) in [6.07, 6.45) is 3.45. The molecule has 0 radical (unpaired) electrons. The van der Waals surface area contributed by atoms with Crippen LogP contribution in [0.25, 0.3) is 0 Å². The third-order valence-corrected chi connectivity index (χ3v) is 6.25. The monoisotopic (exact) mass is 387 g/mol. The van der Waals surface area contributed by atoms with E-state index in [2.05, 4.69) is 19.9 Å². The van der Waals surface area contributed by atoms with Crippen LogP contribution in [0.3, 0.4) is 0 Å². The lowest BCUT2D eigenvalue weighted by molar-refractivity contribution is -0.133. The number of para-hydroxylation sites is 1. The lowest BCUT2D eigenvalue weighted by atomic mass is 10.0. The average molecular weight is 388 g/mol. The molecule has 0 N–H and O–H groups in total. The summed E-state index contributed by atoms with van der Waals surface area (Å²) in [6.45, 7) is 5.62. The van der Waals surface area contributed by atoms with Crippen molar-refractivity contribution >= 4 is 17.7 Å². The Bertz CT molecular complexity index is 803. The van der Waals surface area contributed by atoms with Crippen LogP contribution in [0, 0.1) is 0 Å². The Kier molecular flexibility index (Phi) is 5.08. The van der Waals surface area contributed by atoms with E-state index < -0.39 is 0 Å². The van der Waals surface area contributed by atoms with Crippen molar-refractivity contribution < 1.29 is 18.7 Å². The van der Waals surface area contributed by atoms with Crippen LogP contribution >= 0.6 is 11.8 Å². The van der Waals surface area contributed by atoms with Crippen molar-refractivity contribution in [1.82, 2.24) is 4.90 Å². The molecule has 0 aliphatic carbocycles. The van der Waals surface area contributed by atoms with Crippen LogP contribution in [0.5, 0.6) is 11.5 Å². The SMILES string of the molecule is CC1(C)Cc2cccc(OCC(=O)N3CCS[C@@H](c4ccco4)CC3)c2O1. The van der Waals surface area contributed by atoms with E-state index in [1.54, 1.807) is 6.26 Å². The molecule has 27 heavy (non-hydrogen) atoms. The predicted molar refractivity (Wildman–Crippen MR) is 105 cm³/mol. The van der Waals surface area contributed by atoms with Crippen LogP contribution in [-0.2, 0) is 11.2 Å². The van der Waals surface area contributed by atoms with Gasteiger partial charge in [-0.2, -0.15) is 0 Å². The second-order valence-corrected chi connectivity index (χ2v) is 8.93. The number of amides is 1. The van der Waals surface area contributed by atoms with E-state index in [1.165, 1.54) is 0 Å². The molecule has 1 aromatic carbocycles. The zero-order chi connectivity index (χ0) is 18.9. The molecule has 5 nitrogen and oxygen atoms in total. The van der Waals surface area contributed by atoms with Crippen LogP contribution in [0.4, 0.5) is 0 Å². The van der Waals surface area contributed by atoms with Gasteiger partial charge in [0, 0.05) is 30.8 Å². The summed E-state index contributed by atoms with van der Waals surface area (Å²) < 4.78 is 17.4. The molecule has 1 fully saturated rings. The molecule has 0 unspecified atom stereocenters. The topological polar surface area (TPSA) is 51.9 Å². The van der Waals surface area contributed by atoms with Gasteiger partial charge in [-0.25, -0.2) is 0 Å². The second-order valence-electron chi connectivity index (χ2n) is 7.62. The molecule has 1 amide bonds. The van der Waals surface area contributed by atoms with Crippen molar-refractivity contribution in [3.05, 3.63) is 47.9 Å². The minimum atomic E-state index is -0.228. The van der Waals surface area contributed by atoms with Gasteiger partial charge in [0.25, 0.3) is 5.91 Å². The smallest absolute Gasteiger partial charge is 0.260 e. The molecule has 3 heterocycles. The standard InChI is InChI=1S/C21H25NO4S/c1-21(2)13-15-5-3-6-17(20(15)26-21)25-14-19(23)22-9-8-18(27-12-10-22)16-7-4-11-24-16/h3-7,11,18H,8-10,12-14H2,1-2H3/t18-/m1/s1. The Morgan fingerprint density at radius 3 is 3.00 bits per heavy atom. The fourth-order valence-electron chi connectivity index (χ4n) is 3.65. The van der Waals surface area contributed by atoms with E-state index in [4.69, 9.17) is 13.9 Å². The van der Waals surface area contributed by atoms with Crippen LogP contribution in [0.1, 0.15) is 36.8 Å². The molecule has 6 heteroatoms. The highest BCUT2D eigenvalue weighted by molar-refractivity contribution is 7.99. The van der Waals surface area contributed by atoms with Gasteiger partial charge in [-0.1, -0.05) is 12.1 Å². The average Bonchev–Trinajstić information content (AvgIpc) is 3.19. The molecule has 4 rings (SSSR count). The summed E-state index contributed by atoms with van der Waals surface area (Å²) >= 11 is 1.84. The molecular formula is C21H25NO4S. The first-order valence-electron chi connectivity index (χ1n) is 9.38. The van der Waals surface area contributed by atoms with Gasteiger partial charge < -0.3 is 18.8 Å². The highest BCUT2D eigenvalue weighted by Crippen LogP contribution is 2.41. The van der Waals surface area contributed by atoms with Gasteiger partial charge in [0.1, 0.15) is 11.4 Å². The maximum atomic E-state index is 12.7. The van der Waals surface area contributed by atoms with Gasteiger partial charge in [0.05, 0.1) is 11.5 Å². The first-order valence-corrected chi connectivity index (χ1v) is 10.4. The third-order valence-electron chi connectivity index (χ3n) is 4.96. The summed E-state index contributed by atoms with van der Waals surface area (Å²) in [5, 5.41) is 0.312. The number of carbonyl (C=O) groups excluding carboxylic acids is 1. The minimum Gasteiger partial charge on any atom is -0.483 e. The molecule has 0 bridgehead atoms. The van der Waals surface area contributed by atoms with Crippen LogP contribution in [0.15, 0.2) is 41.0 Å². The van der Waals surface area contributed by atoms with Gasteiger partial charge in [-0.15, -0.1) is 11.8 Å². The van der Waals surface area contributed by atoms with Gasteiger partial charge in [0.15, 0.2) is 18.1 Å². The number of hydrogen-bond donors (Lipinski definition) is 0. The largest absolute Gasteiger partial charge is 0.483 e. The molecule has 1 saturated heterocycles. The van der Waals surface area contributed by atoms with Gasteiger partial charge in [0.2, 0.25) is 0 Å². The molecule has 2 aliphatic rings. The molecular weight excluding hydrogens is 362 g/mol. The lowest BCUT2D eigenvalue weighted by Crippen LogP contribution is -2.36. The molecule has 1 atom stereocenters. The van der Waals surface area contributed by atoms with Crippen LogP contribution in [0.2, 0.25) is 0 Å². The van der Waals surface area contributed by atoms with E-state index in [9.17, 15) is 4.79 Å². The van der Waals surface area contributed by atoms with E-state index >= 15 is 0 Å². The van der Waals surface area contributed by atoms with Crippen molar-refractivity contribution in [1.29, 1.82) is 0 Å². The quantitative estimate of drug-likeness (QED) is 0.791. The van der Waals surface area contributed by atoms with Crippen molar-refractivity contribution in [2.24, 2.45) is 0 Å². The normalized spacial score (nSPS) is 21.3. The van der Waals surface area contributed by atoms with Crippen LogP contribution in [-0.4, -0.2) is 41.9 Å².